The van der Waals surface area contributed by atoms with Gasteiger partial charge in [-0.3, -0.25) is 16.2 Å². The van der Waals surface area contributed by atoms with Crippen molar-refractivity contribution >= 4 is 0 Å². The van der Waals surface area contributed by atoms with E-state index in [2.05, 4.69) is 29.3 Å². The van der Waals surface area contributed by atoms with E-state index in [0.29, 0.717) is 12.1 Å². The van der Waals surface area contributed by atoms with Crippen molar-refractivity contribution in [2.75, 3.05) is 33.7 Å². The number of hydrazine groups is 1. The molecule has 2 atom stereocenters. The molecule has 2 aliphatic rings. The van der Waals surface area contributed by atoms with E-state index in [1.165, 1.54) is 32.2 Å². The number of hydrogen-bond acceptors (Lipinski definition) is 4. The van der Waals surface area contributed by atoms with Crippen LogP contribution in [0.1, 0.15) is 25.7 Å². The fourth-order valence-electron chi connectivity index (χ4n) is 2.69. The molecule has 0 aromatic carbocycles. The summed E-state index contributed by atoms with van der Waals surface area (Å²) in [6, 6.07) is 1.02. The molecule has 1 saturated heterocycles. The van der Waals surface area contributed by atoms with Gasteiger partial charge in [0.1, 0.15) is 0 Å². The van der Waals surface area contributed by atoms with Crippen LogP contribution in [0, 0.1) is 5.92 Å². The highest BCUT2D eigenvalue weighted by molar-refractivity contribution is 4.89. The Balaban J connectivity index is 1.84. The average molecular weight is 226 g/mol. The number of hydrogen-bond donors (Lipinski definition) is 2. The second kappa shape index (κ2) is 5.45. The van der Waals surface area contributed by atoms with E-state index in [-0.39, 0.29) is 0 Å². The minimum atomic E-state index is 0.452. The molecule has 0 amide bonds. The Morgan fingerprint density at radius 2 is 2.06 bits per heavy atom. The fraction of sp³-hybridized carbons (Fsp3) is 1.00. The van der Waals surface area contributed by atoms with E-state index in [1.807, 2.05) is 0 Å². The van der Waals surface area contributed by atoms with Gasteiger partial charge in [-0.2, -0.15) is 0 Å². The molecule has 94 valence electrons. The van der Waals surface area contributed by atoms with E-state index in [4.69, 9.17) is 5.84 Å². The molecule has 0 aromatic rings. The SMILES string of the molecule is CN1CCN(C)C(C(CCC2CC2)NN)C1. The van der Waals surface area contributed by atoms with Crippen molar-refractivity contribution in [2.24, 2.45) is 11.8 Å². The lowest BCUT2D eigenvalue weighted by Crippen LogP contribution is -2.59. The van der Waals surface area contributed by atoms with Crippen LogP contribution in [0.25, 0.3) is 0 Å². The minimum Gasteiger partial charge on any atom is -0.303 e. The molecule has 4 nitrogen and oxygen atoms in total. The Morgan fingerprint density at radius 3 is 2.69 bits per heavy atom. The summed E-state index contributed by atoms with van der Waals surface area (Å²) < 4.78 is 0. The largest absolute Gasteiger partial charge is 0.303 e. The summed E-state index contributed by atoms with van der Waals surface area (Å²) >= 11 is 0. The highest BCUT2D eigenvalue weighted by Gasteiger charge is 2.30. The summed E-state index contributed by atoms with van der Waals surface area (Å²) in [5, 5.41) is 0. The Morgan fingerprint density at radius 1 is 1.31 bits per heavy atom. The van der Waals surface area contributed by atoms with Crippen molar-refractivity contribution in [3.63, 3.8) is 0 Å². The third-order valence-corrected chi connectivity index (χ3v) is 4.16. The van der Waals surface area contributed by atoms with Gasteiger partial charge in [0.05, 0.1) is 0 Å². The van der Waals surface area contributed by atoms with Crippen LogP contribution >= 0.6 is 0 Å². The molecule has 4 heteroatoms. The summed E-state index contributed by atoms with van der Waals surface area (Å²) in [5.74, 6) is 6.73. The topological polar surface area (TPSA) is 44.5 Å². The lowest BCUT2D eigenvalue weighted by atomic mass is 9.98. The van der Waals surface area contributed by atoms with Gasteiger partial charge < -0.3 is 4.90 Å². The van der Waals surface area contributed by atoms with Gasteiger partial charge in [0, 0.05) is 31.7 Å². The van der Waals surface area contributed by atoms with Crippen LogP contribution in [-0.4, -0.2) is 55.6 Å². The highest BCUT2D eigenvalue weighted by Crippen LogP contribution is 2.34. The monoisotopic (exact) mass is 226 g/mol. The fourth-order valence-corrected chi connectivity index (χ4v) is 2.69. The van der Waals surface area contributed by atoms with Crippen molar-refractivity contribution in [3.8, 4) is 0 Å². The van der Waals surface area contributed by atoms with Gasteiger partial charge in [-0.25, -0.2) is 0 Å². The van der Waals surface area contributed by atoms with Crippen molar-refractivity contribution in [1.82, 2.24) is 15.2 Å². The zero-order valence-corrected chi connectivity index (χ0v) is 10.7. The Bertz CT molecular complexity index is 217. The van der Waals surface area contributed by atoms with Crippen molar-refractivity contribution in [2.45, 2.75) is 37.8 Å². The molecule has 16 heavy (non-hydrogen) atoms. The van der Waals surface area contributed by atoms with Crippen LogP contribution in [0.2, 0.25) is 0 Å². The Labute approximate surface area is 99.1 Å². The van der Waals surface area contributed by atoms with Crippen LogP contribution in [-0.2, 0) is 0 Å². The average Bonchev–Trinajstić information content (AvgIpc) is 3.07. The first-order valence-corrected chi connectivity index (χ1v) is 6.55. The van der Waals surface area contributed by atoms with E-state index in [9.17, 15) is 0 Å². The number of nitrogens with zero attached hydrogens (tertiary/aromatic N) is 2. The third-order valence-electron chi connectivity index (χ3n) is 4.16. The molecule has 0 aromatic heterocycles. The lowest BCUT2D eigenvalue weighted by molar-refractivity contribution is 0.0843. The van der Waals surface area contributed by atoms with Crippen LogP contribution < -0.4 is 11.3 Å². The Kier molecular flexibility index (Phi) is 4.19. The predicted octanol–water partition coefficient (Wildman–Crippen LogP) is 0.254. The first kappa shape index (κ1) is 12.3. The van der Waals surface area contributed by atoms with Crippen molar-refractivity contribution in [3.05, 3.63) is 0 Å². The molecule has 1 aliphatic carbocycles. The standard InChI is InChI=1S/C12H26N4/c1-15-7-8-16(2)12(9-15)11(14-13)6-5-10-3-4-10/h10-12,14H,3-9,13H2,1-2H3. The maximum atomic E-state index is 5.72. The molecular formula is C12H26N4. The maximum absolute atomic E-state index is 5.72. The van der Waals surface area contributed by atoms with Gasteiger partial charge in [-0.1, -0.05) is 12.8 Å². The molecule has 0 spiro atoms. The summed E-state index contributed by atoms with van der Waals surface area (Å²) in [5.41, 5.74) is 3.04. The summed E-state index contributed by atoms with van der Waals surface area (Å²) in [7, 11) is 4.42. The van der Waals surface area contributed by atoms with Crippen LogP contribution in [0.3, 0.4) is 0 Å². The summed E-state index contributed by atoms with van der Waals surface area (Å²) in [6.07, 6.45) is 5.46. The zero-order chi connectivity index (χ0) is 11.5. The Hall–Kier alpha value is -0.160. The van der Waals surface area contributed by atoms with Gasteiger partial charge in [0.15, 0.2) is 0 Å². The van der Waals surface area contributed by atoms with E-state index in [1.54, 1.807) is 0 Å². The minimum absolute atomic E-state index is 0.452. The van der Waals surface area contributed by atoms with E-state index < -0.39 is 0 Å². The molecule has 1 aliphatic heterocycles. The molecule has 2 fully saturated rings. The molecule has 0 bridgehead atoms. The predicted molar refractivity (Wildman–Crippen MR) is 67.0 cm³/mol. The van der Waals surface area contributed by atoms with Gasteiger partial charge in [0.25, 0.3) is 0 Å². The molecule has 1 saturated carbocycles. The molecule has 2 unspecified atom stereocenters. The van der Waals surface area contributed by atoms with Gasteiger partial charge in [-0.15, -0.1) is 0 Å². The normalized spacial score (nSPS) is 30.6. The van der Waals surface area contributed by atoms with Crippen LogP contribution in [0.4, 0.5) is 0 Å². The maximum Gasteiger partial charge on any atom is 0.0387 e. The quantitative estimate of drug-likeness (QED) is 0.521. The molecule has 0 radical (unpaired) electrons. The second-order valence-corrected chi connectivity index (χ2v) is 5.60. The number of rotatable bonds is 5. The van der Waals surface area contributed by atoms with Gasteiger partial charge in [-0.05, 0) is 32.9 Å². The summed E-state index contributed by atoms with van der Waals surface area (Å²) in [4.78, 5) is 4.86. The number of likely N-dealkylation sites (N-methyl/N-ethyl adjacent to an activating group) is 2. The second-order valence-electron chi connectivity index (χ2n) is 5.60. The van der Waals surface area contributed by atoms with Crippen molar-refractivity contribution < 1.29 is 0 Å². The van der Waals surface area contributed by atoms with Crippen molar-refractivity contribution in [1.29, 1.82) is 0 Å². The number of nitrogens with two attached hydrogens (primary N) is 1. The summed E-state index contributed by atoms with van der Waals surface area (Å²) in [6.45, 7) is 3.46. The van der Waals surface area contributed by atoms with E-state index >= 15 is 0 Å². The smallest absolute Gasteiger partial charge is 0.0387 e. The van der Waals surface area contributed by atoms with E-state index in [0.717, 1.165) is 19.0 Å². The van der Waals surface area contributed by atoms with Gasteiger partial charge >= 0.3 is 0 Å². The molecule has 3 N–H and O–H groups in total. The first-order valence-electron chi connectivity index (χ1n) is 6.55. The zero-order valence-electron chi connectivity index (χ0n) is 10.7. The number of nitrogens with one attached hydrogen (secondary N) is 1. The van der Waals surface area contributed by atoms with Gasteiger partial charge in [0.2, 0.25) is 0 Å². The number of piperazine rings is 1. The first-order chi connectivity index (χ1) is 7.70. The highest BCUT2D eigenvalue weighted by atomic mass is 15.3. The lowest BCUT2D eigenvalue weighted by Gasteiger charge is -2.41. The molecular weight excluding hydrogens is 200 g/mol. The third kappa shape index (κ3) is 3.17. The molecule has 2 rings (SSSR count). The van der Waals surface area contributed by atoms with Crippen LogP contribution in [0.5, 0.6) is 0 Å². The van der Waals surface area contributed by atoms with Crippen LogP contribution in [0.15, 0.2) is 0 Å². The molecule has 1 heterocycles.